The van der Waals surface area contributed by atoms with E-state index in [2.05, 4.69) is 46.5 Å². The van der Waals surface area contributed by atoms with Gasteiger partial charge >= 0.3 is 36.0 Å². The van der Waals surface area contributed by atoms with Crippen molar-refractivity contribution in [3.05, 3.63) is 84.2 Å². The number of hydrogen-bond acceptors (Lipinski definition) is 19. The van der Waals surface area contributed by atoms with Gasteiger partial charge < -0.3 is 64.2 Å². The van der Waals surface area contributed by atoms with E-state index in [0.29, 0.717) is 56.2 Å². The largest absolute Gasteiger partial charge is 0.471 e. The minimum atomic E-state index is -3.67. The lowest BCUT2D eigenvalue weighted by atomic mass is 9.85. The second kappa shape index (κ2) is 28.9. The summed E-state index contributed by atoms with van der Waals surface area (Å²) in [6.07, 6.45) is -0.103. The van der Waals surface area contributed by atoms with Crippen molar-refractivity contribution >= 4 is 73.9 Å². The Morgan fingerprint density at radius 1 is 0.614 bits per heavy atom. The second-order valence-corrected chi connectivity index (χ2v) is 24.5. The summed E-state index contributed by atoms with van der Waals surface area (Å²) in [5.74, 6) is -10.9. The van der Waals surface area contributed by atoms with Crippen molar-refractivity contribution in [2.75, 3.05) is 39.2 Å². The highest BCUT2D eigenvalue weighted by Crippen LogP contribution is 2.40. The molecule has 2 aromatic heterocycles. The summed E-state index contributed by atoms with van der Waals surface area (Å²) in [7, 11) is 2.33. The molecule has 4 amide bonds. The first-order chi connectivity index (χ1) is 41.5. The molecule has 8 rings (SSSR count). The third-order valence-corrected chi connectivity index (χ3v) is 15.6. The Morgan fingerprint density at radius 2 is 0.977 bits per heavy atom. The van der Waals surface area contributed by atoms with Gasteiger partial charge in [-0.3, -0.25) is 9.59 Å². The van der Waals surface area contributed by atoms with Crippen LogP contribution in [0.15, 0.2) is 72.8 Å². The maximum absolute atomic E-state index is 15.3. The fourth-order valence-corrected chi connectivity index (χ4v) is 10.9. The molecular weight excluding hydrogens is 1230 g/mol. The number of aromatic nitrogens is 4. The maximum atomic E-state index is 15.3. The van der Waals surface area contributed by atoms with Crippen LogP contribution >= 0.6 is 15.9 Å². The standard InChI is InChI=1S/C30H37BrF2N4O7.C30H38F2N4O8/c1-29(2,3)24(36-28(41)44-22-12-7-11-21(22)38)26(39)37-16-17(15-20(37)27(40)42-4)43-25-23(30(32,33)13-8-14-31)34-18-9-5-6-10-19(18)35-25;1-29(2,3)24(35-28(41)44-22-12-7-11-21(22)38)26(39)36-16-17(15-20(36)27(40)42-4)43-25-23(30(31,32)13-8-14-37)33-18-9-5-6-10-19(18)34-25/h5-6,8-10,13,17,20-22,24,38H,7,11-12,14-16H2,1-4H3,(H,36,41);5-6,8-10,13,17,20-22,24,37-38H,7,11-12,14-16H2,1-4H3,(H,35,41)/b2*13-8+/t2*17-,20+,21-,22-,24-/m11/s1. The van der Waals surface area contributed by atoms with Gasteiger partial charge in [0.1, 0.15) is 48.6 Å². The molecule has 28 heteroatoms. The van der Waals surface area contributed by atoms with Crippen LogP contribution in [0.3, 0.4) is 0 Å². The van der Waals surface area contributed by atoms with Crippen LogP contribution in [0.1, 0.15) is 104 Å². The number of alkyl carbamates (subject to hydrolysis) is 2. The molecule has 2 aromatic carbocycles. The average Bonchev–Trinajstić information content (AvgIpc) is 1.42. The predicted molar refractivity (Wildman–Crippen MR) is 312 cm³/mol. The first-order valence-electron chi connectivity index (χ1n) is 28.7. The van der Waals surface area contributed by atoms with Crippen molar-refractivity contribution in [2.24, 2.45) is 10.8 Å². The number of nitrogens with zero attached hydrogens (tertiary/aromatic N) is 6. The van der Waals surface area contributed by atoms with Crippen LogP contribution in [0.2, 0.25) is 0 Å². The molecule has 23 nitrogen and oxygen atoms in total. The topological polar surface area (TPSA) is 301 Å². The van der Waals surface area contributed by atoms with Gasteiger partial charge in [-0.25, -0.2) is 39.1 Å². The van der Waals surface area contributed by atoms with E-state index in [0.717, 1.165) is 13.2 Å². The summed E-state index contributed by atoms with van der Waals surface area (Å²) in [6.45, 7) is 9.34. The molecule has 480 valence electrons. The molecule has 4 aliphatic rings. The molecule has 0 spiro atoms. The lowest BCUT2D eigenvalue weighted by Crippen LogP contribution is -2.57. The van der Waals surface area contributed by atoms with E-state index in [1.54, 1.807) is 84.0 Å². The second-order valence-electron chi connectivity index (χ2n) is 23.9. The van der Waals surface area contributed by atoms with Crippen LogP contribution in [-0.2, 0) is 50.0 Å². The molecule has 88 heavy (non-hydrogen) atoms. The van der Waals surface area contributed by atoms with Crippen LogP contribution < -0.4 is 20.1 Å². The molecule has 2 saturated heterocycles. The van der Waals surface area contributed by atoms with Crippen LogP contribution in [0.25, 0.3) is 22.1 Å². The van der Waals surface area contributed by atoms with E-state index >= 15 is 17.6 Å². The molecular formula is C60H75BrF4N8O15. The molecule has 2 aliphatic carbocycles. The van der Waals surface area contributed by atoms with Crippen LogP contribution in [0.4, 0.5) is 27.2 Å². The number of hydrogen-bond donors (Lipinski definition) is 5. The minimum absolute atomic E-state index is 0.0786. The van der Waals surface area contributed by atoms with Crippen molar-refractivity contribution in [1.29, 1.82) is 0 Å². The van der Waals surface area contributed by atoms with Crippen molar-refractivity contribution in [3.8, 4) is 11.8 Å². The summed E-state index contributed by atoms with van der Waals surface area (Å²) in [6, 6.07) is 8.29. The Kier molecular flexibility index (Phi) is 22.4. The Morgan fingerprint density at radius 3 is 1.30 bits per heavy atom. The normalized spacial score (nSPS) is 23.1. The number of para-hydroxylation sites is 4. The van der Waals surface area contributed by atoms with Gasteiger partial charge in [-0.15, -0.1) is 0 Å². The summed E-state index contributed by atoms with van der Waals surface area (Å²) >= 11 is 3.10. The highest BCUT2D eigenvalue weighted by molar-refractivity contribution is 9.09. The number of rotatable bonds is 18. The van der Waals surface area contributed by atoms with E-state index in [-0.39, 0.29) is 47.8 Å². The van der Waals surface area contributed by atoms with Crippen molar-refractivity contribution in [2.45, 2.75) is 166 Å². The molecule has 4 fully saturated rings. The number of fused-ring (bicyclic) bond motifs is 2. The summed E-state index contributed by atoms with van der Waals surface area (Å²) < 4.78 is 93.6. The zero-order chi connectivity index (χ0) is 64.5. The third kappa shape index (κ3) is 16.7. The molecule has 0 radical (unpaired) electrons. The molecule has 0 unspecified atom stereocenters. The van der Waals surface area contributed by atoms with Gasteiger partial charge in [0, 0.05) is 18.2 Å². The number of nitrogens with one attached hydrogen (secondary N) is 2. The van der Waals surface area contributed by atoms with Gasteiger partial charge in [0.05, 0.1) is 68.2 Å². The Labute approximate surface area is 514 Å². The number of alkyl halides is 5. The first kappa shape index (κ1) is 68.2. The van der Waals surface area contributed by atoms with Gasteiger partial charge in [0.2, 0.25) is 23.6 Å². The van der Waals surface area contributed by atoms with E-state index in [4.69, 9.17) is 33.5 Å². The molecule has 10 atom stereocenters. The molecule has 4 heterocycles. The fourth-order valence-electron chi connectivity index (χ4n) is 10.7. The van der Waals surface area contributed by atoms with Crippen LogP contribution in [-0.4, -0.2) is 181 Å². The minimum Gasteiger partial charge on any atom is -0.471 e. The number of carbonyl (C=O) groups excluding carboxylic acids is 6. The Balaban J connectivity index is 0.000000251. The number of methoxy groups -OCH3 is 2. The van der Waals surface area contributed by atoms with E-state index in [1.165, 1.54) is 29.1 Å². The summed E-state index contributed by atoms with van der Waals surface area (Å²) in [4.78, 5) is 98.3. The number of amides is 4. The monoisotopic (exact) mass is 1300 g/mol. The summed E-state index contributed by atoms with van der Waals surface area (Å²) in [5, 5.41) is 34.5. The molecule has 2 aliphatic heterocycles. The van der Waals surface area contributed by atoms with E-state index in [1.807, 2.05) is 0 Å². The molecule has 2 saturated carbocycles. The predicted octanol–water partition coefficient (Wildman–Crippen LogP) is 7.09. The number of carbonyl (C=O) groups is 6. The Bertz CT molecular complexity index is 3010. The number of ether oxygens (including phenoxy) is 6. The lowest BCUT2D eigenvalue weighted by Gasteiger charge is -2.35. The smallest absolute Gasteiger partial charge is 0.408 e. The zero-order valence-corrected chi connectivity index (χ0v) is 51.6. The van der Waals surface area contributed by atoms with Gasteiger partial charge in [0.25, 0.3) is 0 Å². The summed E-state index contributed by atoms with van der Waals surface area (Å²) in [5.41, 5.74) is -2.14. The molecule has 4 aromatic rings. The van der Waals surface area contributed by atoms with E-state index < -0.39 is 149 Å². The highest BCUT2D eigenvalue weighted by atomic mass is 79.9. The number of halogens is 5. The lowest BCUT2D eigenvalue weighted by molar-refractivity contribution is -0.152. The maximum Gasteiger partial charge on any atom is 0.408 e. The Hall–Kier alpha value is -7.30. The van der Waals surface area contributed by atoms with Crippen LogP contribution in [0.5, 0.6) is 11.8 Å². The third-order valence-electron chi connectivity index (χ3n) is 15.3. The van der Waals surface area contributed by atoms with E-state index in [9.17, 15) is 39.0 Å². The number of benzene rings is 2. The molecule has 0 bridgehead atoms. The number of aliphatic hydroxyl groups is 3. The van der Waals surface area contributed by atoms with Gasteiger partial charge in [0.15, 0.2) is 11.4 Å². The zero-order valence-electron chi connectivity index (χ0n) is 50.0. The SMILES string of the molecule is COC(=O)[C@@H]1C[C@@H](Oc2nc3ccccc3nc2C(F)(F)/C=C/CBr)CN1C(=O)[C@@H](NC(=O)O[C@@H]1CCC[C@H]1O)C(C)(C)C.COC(=O)[C@@H]1C[C@@H](Oc2nc3ccccc3nc2C(F)(F)/C=C/CO)CN1C(=O)[C@@H](NC(=O)O[C@@H]1CCC[C@H]1O)C(C)(C)C. The highest BCUT2D eigenvalue weighted by Gasteiger charge is 2.50. The van der Waals surface area contributed by atoms with Gasteiger partial charge in [-0.1, -0.05) is 93.9 Å². The number of allylic oxidation sites excluding steroid dienone is 3. The quantitative estimate of drug-likeness (QED) is 0.0218. The van der Waals surface area contributed by atoms with Crippen molar-refractivity contribution in [3.63, 3.8) is 0 Å². The average molecular weight is 1300 g/mol. The number of likely N-dealkylation sites (tertiary alicyclic amines) is 2. The first-order valence-corrected chi connectivity index (χ1v) is 29.8. The van der Waals surface area contributed by atoms with Crippen molar-refractivity contribution in [1.82, 2.24) is 40.4 Å². The fraction of sp³-hybridized carbons (Fsp3) is 0.567. The molecule has 5 N–H and O–H groups in total. The number of aliphatic hydroxyl groups excluding tert-OH is 3. The van der Waals surface area contributed by atoms with Crippen molar-refractivity contribution < 1.29 is 90.1 Å². The number of esters is 2. The van der Waals surface area contributed by atoms with Gasteiger partial charge in [-0.05, 0) is 85.8 Å². The van der Waals surface area contributed by atoms with Crippen LogP contribution in [0, 0.1) is 10.8 Å². The van der Waals surface area contributed by atoms with Gasteiger partial charge in [-0.2, -0.15) is 17.6 Å².